The fraction of sp³-hybridized carbons (Fsp3) is 0.200. The van der Waals surface area contributed by atoms with Crippen molar-refractivity contribution in [2.75, 3.05) is 11.1 Å². The summed E-state index contributed by atoms with van der Waals surface area (Å²) in [5.74, 6) is 0.438. The van der Waals surface area contributed by atoms with E-state index in [1.165, 1.54) is 11.3 Å². The van der Waals surface area contributed by atoms with Gasteiger partial charge in [0.25, 0.3) is 5.91 Å². The van der Waals surface area contributed by atoms with E-state index in [-0.39, 0.29) is 5.91 Å². The second-order valence-corrected chi connectivity index (χ2v) is 7.28. The normalized spacial score (nSPS) is 11.8. The summed E-state index contributed by atoms with van der Waals surface area (Å²) in [7, 11) is 0. The molecule has 2 aromatic carbocycles. The van der Waals surface area contributed by atoms with Gasteiger partial charge in [0.05, 0.1) is 5.69 Å². The van der Waals surface area contributed by atoms with Gasteiger partial charge in [-0.05, 0) is 56.7 Å². The number of ether oxygens (including phenoxy) is 1. The Kier molecular flexibility index (Phi) is 5.23. The van der Waals surface area contributed by atoms with Crippen LogP contribution >= 0.6 is 11.3 Å². The van der Waals surface area contributed by atoms with Gasteiger partial charge in [-0.2, -0.15) is 0 Å². The Morgan fingerprint density at radius 2 is 1.85 bits per heavy atom. The van der Waals surface area contributed by atoms with Crippen LogP contribution in [0.4, 0.5) is 10.8 Å². The fourth-order valence-electron chi connectivity index (χ4n) is 2.58. The van der Waals surface area contributed by atoms with Crippen LogP contribution < -0.4 is 15.8 Å². The number of hydrogen-bond acceptors (Lipinski definition) is 5. The van der Waals surface area contributed by atoms with Gasteiger partial charge >= 0.3 is 0 Å². The number of hydrogen-bond donors (Lipinski definition) is 2. The number of para-hydroxylation sites is 1. The van der Waals surface area contributed by atoms with Crippen LogP contribution in [0.1, 0.15) is 17.4 Å². The predicted octanol–water partition coefficient (Wildman–Crippen LogP) is 4.42. The van der Waals surface area contributed by atoms with E-state index in [1.54, 1.807) is 6.92 Å². The lowest BCUT2D eigenvalue weighted by atomic mass is 10.1. The third-order valence-corrected chi connectivity index (χ3v) is 4.83. The number of nitrogens with two attached hydrogens (primary N) is 1. The third kappa shape index (κ3) is 4.03. The van der Waals surface area contributed by atoms with Crippen molar-refractivity contribution < 1.29 is 9.53 Å². The second-order valence-electron chi connectivity index (χ2n) is 6.05. The number of amides is 1. The van der Waals surface area contributed by atoms with Crippen LogP contribution in [-0.4, -0.2) is 17.0 Å². The average molecular weight is 367 g/mol. The molecule has 0 radical (unpaired) electrons. The van der Waals surface area contributed by atoms with Crippen molar-refractivity contribution >= 4 is 28.1 Å². The average Bonchev–Trinajstić information content (AvgIpc) is 2.96. The first kappa shape index (κ1) is 17.9. The van der Waals surface area contributed by atoms with Gasteiger partial charge in [0, 0.05) is 16.1 Å². The highest BCUT2D eigenvalue weighted by Crippen LogP contribution is 2.30. The number of anilines is 2. The Labute approximate surface area is 156 Å². The van der Waals surface area contributed by atoms with Crippen molar-refractivity contribution in [1.29, 1.82) is 0 Å². The van der Waals surface area contributed by atoms with Gasteiger partial charge in [-0.3, -0.25) is 4.79 Å². The summed E-state index contributed by atoms with van der Waals surface area (Å²) < 4.78 is 5.76. The molecule has 1 amide bonds. The summed E-state index contributed by atoms with van der Waals surface area (Å²) in [6.45, 7) is 5.67. The molecule has 3 N–H and O–H groups in total. The van der Waals surface area contributed by atoms with Crippen molar-refractivity contribution in [3.05, 3.63) is 59.0 Å². The number of nitrogens with zero attached hydrogens (tertiary/aromatic N) is 1. The number of aromatic nitrogens is 1. The number of nitrogen functional groups attached to an aromatic ring is 1. The van der Waals surface area contributed by atoms with Crippen molar-refractivity contribution in [1.82, 2.24) is 4.98 Å². The fourth-order valence-corrected chi connectivity index (χ4v) is 3.29. The summed E-state index contributed by atoms with van der Waals surface area (Å²) in [5, 5.41) is 3.45. The Balaban J connectivity index is 1.66. The minimum atomic E-state index is -0.614. The zero-order chi connectivity index (χ0) is 18.7. The van der Waals surface area contributed by atoms with Crippen LogP contribution in [0.2, 0.25) is 0 Å². The molecule has 0 bridgehead atoms. The summed E-state index contributed by atoms with van der Waals surface area (Å²) in [4.78, 5) is 17.8. The van der Waals surface area contributed by atoms with Crippen molar-refractivity contribution in [2.24, 2.45) is 0 Å². The molecule has 5 nitrogen and oxygen atoms in total. The number of nitrogens with one attached hydrogen (secondary N) is 1. The number of benzene rings is 2. The molecule has 0 aliphatic heterocycles. The monoisotopic (exact) mass is 367 g/mol. The molecule has 1 atom stereocenters. The first-order chi connectivity index (χ1) is 12.4. The zero-order valence-corrected chi connectivity index (χ0v) is 15.8. The van der Waals surface area contributed by atoms with E-state index in [4.69, 9.17) is 10.5 Å². The predicted molar refractivity (Wildman–Crippen MR) is 107 cm³/mol. The molecular formula is C20H21N3O2S. The molecule has 0 fully saturated rings. The van der Waals surface area contributed by atoms with Gasteiger partial charge in [0.2, 0.25) is 0 Å². The molecule has 0 saturated carbocycles. The van der Waals surface area contributed by atoms with Crippen LogP contribution in [-0.2, 0) is 4.79 Å². The van der Waals surface area contributed by atoms with E-state index in [0.717, 1.165) is 27.4 Å². The molecule has 0 saturated heterocycles. The highest BCUT2D eigenvalue weighted by molar-refractivity contribution is 7.15. The Hall–Kier alpha value is -2.86. The summed E-state index contributed by atoms with van der Waals surface area (Å²) in [5.41, 5.74) is 9.41. The molecule has 3 aromatic rings. The lowest BCUT2D eigenvalue weighted by Gasteiger charge is -2.16. The number of rotatable bonds is 5. The molecule has 26 heavy (non-hydrogen) atoms. The van der Waals surface area contributed by atoms with Gasteiger partial charge in [-0.15, -0.1) is 11.3 Å². The van der Waals surface area contributed by atoms with Gasteiger partial charge in [0.1, 0.15) is 5.75 Å². The zero-order valence-electron chi connectivity index (χ0n) is 14.9. The first-order valence-electron chi connectivity index (χ1n) is 8.30. The van der Waals surface area contributed by atoms with E-state index >= 15 is 0 Å². The summed E-state index contributed by atoms with van der Waals surface area (Å²) >= 11 is 1.47. The highest BCUT2D eigenvalue weighted by atomic mass is 32.1. The quantitative estimate of drug-likeness (QED) is 0.700. The standard InChI is InChI=1S/C20H21N3O2S/c1-12-6-4-5-7-17(12)22-19(24)13(2)25-16-10-8-15(9-11-16)18-14(3)26-20(21)23-18/h4-11,13H,1-3H3,(H2,21,23)(H,22,24). The topological polar surface area (TPSA) is 77.2 Å². The smallest absolute Gasteiger partial charge is 0.265 e. The second kappa shape index (κ2) is 7.58. The summed E-state index contributed by atoms with van der Waals surface area (Å²) in [6.07, 6.45) is -0.614. The maximum absolute atomic E-state index is 12.3. The van der Waals surface area contributed by atoms with E-state index in [0.29, 0.717) is 10.9 Å². The first-order valence-corrected chi connectivity index (χ1v) is 9.12. The Morgan fingerprint density at radius 3 is 2.46 bits per heavy atom. The molecule has 134 valence electrons. The number of carbonyl (C=O) groups is 1. The molecule has 6 heteroatoms. The van der Waals surface area contributed by atoms with Gasteiger partial charge in [-0.1, -0.05) is 18.2 Å². The van der Waals surface area contributed by atoms with Gasteiger partial charge < -0.3 is 15.8 Å². The van der Waals surface area contributed by atoms with Crippen LogP contribution in [0.3, 0.4) is 0 Å². The Morgan fingerprint density at radius 1 is 1.15 bits per heavy atom. The largest absolute Gasteiger partial charge is 0.481 e. The molecular weight excluding hydrogens is 346 g/mol. The number of thiazole rings is 1. The SMILES string of the molecule is Cc1ccccc1NC(=O)C(C)Oc1ccc(-c2nc(N)sc2C)cc1. The summed E-state index contributed by atoms with van der Waals surface area (Å²) in [6, 6.07) is 15.2. The van der Waals surface area contributed by atoms with Crippen molar-refractivity contribution in [3.63, 3.8) is 0 Å². The van der Waals surface area contributed by atoms with Gasteiger partial charge in [-0.25, -0.2) is 4.98 Å². The van der Waals surface area contributed by atoms with Gasteiger partial charge in [0.15, 0.2) is 11.2 Å². The molecule has 1 heterocycles. The lowest BCUT2D eigenvalue weighted by Crippen LogP contribution is -2.30. The molecule has 3 rings (SSSR count). The molecule has 1 aromatic heterocycles. The van der Waals surface area contributed by atoms with Crippen LogP contribution in [0.5, 0.6) is 5.75 Å². The third-order valence-electron chi connectivity index (χ3n) is 4.03. The van der Waals surface area contributed by atoms with E-state index < -0.39 is 6.10 Å². The van der Waals surface area contributed by atoms with E-state index in [9.17, 15) is 4.79 Å². The molecule has 0 aliphatic rings. The van der Waals surface area contributed by atoms with E-state index in [2.05, 4.69) is 10.3 Å². The van der Waals surface area contributed by atoms with Crippen LogP contribution in [0.25, 0.3) is 11.3 Å². The number of carbonyl (C=O) groups excluding carboxylic acids is 1. The number of aryl methyl sites for hydroxylation is 2. The molecule has 0 aliphatic carbocycles. The minimum absolute atomic E-state index is 0.188. The van der Waals surface area contributed by atoms with Crippen LogP contribution in [0.15, 0.2) is 48.5 Å². The highest BCUT2D eigenvalue weighted by Gasteiger charge is 2.16. The minimum Gasteiger partial charge on any atom is -0.481 e. The van der Waals surface area contributed by atoms with E-state index in [1.807, 2.05) is 62.4 Å². The van der Waals surface area contributed by atoms with Crippen molar-refractivity contribution in [3.8, 4) is 17.0 Å². The maximum Gasteiger partial charge on any atom is 0.265 e. The van der Waals surface area contributed by atoms with Crippen LogP contribution in [0, 0.1) is 13.8 Å². The maximum atomic E-state index is 12.3. The molecule has 0 spiro atoms. The lowest BCUT2D eigenvalue weighted by molar-refractivity contribution is -0.122. The Bertz CT molecular complexity index is 919. The van der Waals surface area contributed by atoms with Crippen molar-refractivity contribution in [2.45, 2.75) is 26.9 Å². The molecule has 1 unspecified atom stereocenters.